The molecule has 1 N–H and O–H groups in total. The predicted molar refractivity (Wildman–Crippen MR) is 154 cm³/mol. The van der Waals surface area contributed by atoms with Gasteiger partial charge >= 0.3 is 0 Å². The fraction of sp³-hybridized carbons (Fsp3) is 0.0882. The summed E-state index contributed by atoms with van der Waals surface area (Å²) in [5, 5.41) is 24.3. The second-order valence-electron chi connectivity index (χ2n) is 9.55. The minimum atomic E-state index is -0.830. The van der Waals surface area contributed by atoms with Crippen molar-refractivity contribution in [2.75, 3.05) is 0 Å². The molecule has 0 aliphatic carbocycles. The first-order valence-corrected chi connectivity index (χ1v) is 13.0. The number of aliphatic hydroxyl groups excluding tert-OH is 1. The number of rotatable bonds is 7. The molecule has 1 unspecified atom stereocenters. The quantitative estimate of drug-likeness (QED) is 0.238. The van der Waals surface area contributed by atoms with Crippen LogP contribution in [0.15, 0.2) is 140 Å². The molecule has 0 saturated carbocycles. The van der Waals surface area contributed by atoms with Gasteiger partial charge in [-0.25, -0.2) is 0 Å². The monoisotopic (exact) mass is 508 g/mol. The van der Waals surface area contributed by atoms with Crippen molar-refractivity contribution >= 4 is 0 Å². The molecule has 6 aromatic rings. The lowest BCUT2D eigenvalue weighted by molar-refractivity contribution is 0.199. The maximum absolute atomic E-state index is 9.95. The molecule has 0 aliphatic rings. The van der Waals surface area contributed by atoms with E-state index < -0.39 is 11.6 Å². The van der Waals surface area contributed by atoms with Crippen molar-refractivity contribution in [3.63, 3.8) is 0 Å². The van der Waals surface area contributed by atoms with Gasteiger partial charge in [-0.2, -0.15) is 0 Å². The van der Waals surface area contributed by atoms with E-state index in [0.717, 1.165) is 38.9 Å². The predicted octanol–water partition coefficient (Wildman–Crippen LogP) is 6.90. The molecule has 0 amide bonds. The molecule has 0 spiro atoms. The summed E-state index contributed by atoms with van der Waals surface area (Å²) in [4.78, 5) is 1.75. The van der Waals surface area contributed by atoms with Gasteiger partial charge in [0.05, 0.1) is 6.10 Å². The zero-order valence-corrected chi connectivity index (χ0v) is 21.6. The lowest BCUT2D eigenvalue weighted by atomic mass is 9.77. The standard InChI is InChI=1S/C34H28N4O/c1-25(39)26-21-23-27(24-22-26)31-19-11-12-20-32(31)33-35-37-38(36-33)34(28-13-5-2-6-14-28,29-15-7-3-8-16-29)30-17-9-4-10-18-30/h2-25,39H,1H3. The summed E-state index contributed by atoms with van der Waals surface area (Å²) in [5.74, 6) is 0.539. The molecular formula is C34H28N4O. The van der Waals surface area contributed by atoms with E-state index in [1.165, 1.54) is 0 Å². The van der Waals surface area contributed by atoms with E-state index >= 15 is 0 Å². The Kier molecular flexibility index (Phi) is 6.57. The zero-order chi connectivity index (χ0) is 26.7. The zero-order valence-electron chi connectivity index (χ0n) is 21.6. The Balaban J connectivity index is 1.55. The molecule has 5 nitrogen and oxygen atoms in total. The number of hydrogen-bond acceptors (Lipinski definition) is 4. The molecule has 1 atom stereocenters. The second-order valence-corrected chi connectivity index (χ2v) is 9.55. The number of tetrazole rings is 1. The minimum Gasteiger partial charge on any atom is -0.389 e. The summed E-state index contributed by atoms with van der Waals surface area (Å²) in [6.07, 6.45) is -0.516. The van der Waals surface area contributed by atoms with Crippen molar-refractivity contribution < 1.29 is 5.11 Å². The van der Waals surface area contributed by atoms with Gasteiger partial charge in [0, 0.05) is 5.56 Å². The van der Waals surface area contributed by atoms with Gasteiger partial charge in [0.15, 0.2) is 5.54 Å². The van der Waals surface area contributed by atoms with Gasteiger partial charge in [-0.05, 0) is 45.5 Å². The maximum atomic E-state index is 9.95. The highest BCUT2D eigenvalue weighted by Gasteiger charge is 2.41. The normalized spacial score (nSPS) is 12.3. The third-order valence-corrected chi connectivity index (χ3v) is 7.16. The van der Waals surface area contributed by atoms with E-state index in [1.54, 1.807) is 11.7 Å². The minimum absolute atomic E-state index is 0.516. The molecule has 0 radical (unpaired) electrons. The summed E-state index contributed by atoms with van der Waals surface area (Å²) < 4.78 is 0. The lowest BCUT2D eigenvalue weighted by Gasteiger charge is -2.34. The molecule has 1 heterocycles. The summed E-state index contributed by atoms with van der Waals surface area (Å²) in [5.41, 5.74) is 6.05. The maximum Gasteiger partial charge on any atom is 0.205 e. The van der Waals surface area contributed by atoms with Crippen LogP contribution in [0, 0.1) is 0 Å². The first kappa shape index (κ1) is 24.5. The van der Waals surface area contributed by atoms with Gasteiger partial charge in [-0.1, -0.05) is 140 Å². The van der Waals surface area contributed by atoms with Crippen molar-refractivity contribution in [3.05, 3.63) is 162 Å². The van der Waals surface area contributed by atoms with Crippen LogP contribution in [-0.2, 0) is 5.54 Å². The van der Waals surface area contributed by atoms with Crippen molar-refractivity contribution in [2.45, 2.75) is 18.6 Å². The number of benzene rings is 5. The summed E-state index contributed by atoms with van der Waals surface area (Å²) in [6, 6.07) is 47.0. The highest BCUT2D eigenvalue weighted by atomic mass is 16.3. The molecule has 5 aromatic carbocycles. The topological polar surface area (TPSA) is 63.8 Å². The van der Waals surface area contributed by atoms with E-state index in [2.05, 4.69) is 52.8 Å². The number of aromatic nitrogens is 4. The molecular weight excluding hydrogens is 480 g/mol. The fourth-order valence-electron chi connectivity index (χ4n) is 5.22. The van der Waals surface area contributed by atoms with Crippen molar-refractivity contribution in [3.8, 4) is 22.5 Å². The van der Waals surface area contributed by atoms with Crippen LogP contribution in [-0.4, -0.2) is 25.3 Å². The van der Waals surface area contributed by atoms with Gasteiger partial charge in [0.1, 0.15) is 0 Å². The van der Waals surface area contributed by atoms with Gasteiger partial charge in [0.2, 0.25) is 5.82 Å². The molecule has 0 aliphatic heterocycles. The van der Waals surface area contributed by atoms with Crippen molar-refractivity contribution in [2.24, 2.45) is 0 Å². The average molecular weight is 509 g/mol. The Labute approximate surface area is 228 Å². The number of nitrogens with zero attached hydrogens (tertiary/aromatic N) is 4. The first-order chi connectivity index (χ1) is 19.2. The van der Waals surface area contributed by atoms with E-state index in [9.17, 15) is 5.11 Å². The summed E-state index contributed by atoms with van der Waals surface area (Å²) in [6.45, 7) is 1.77. The Bertz CT molecular complexity index is 1570. The Morgan fingerprint density at radius 3 is 1.54 bits per heavy atom. The first-order valence-electron chi connectivity index (χ1n) is 13.0. The molecule has 0 saturated heterocycles. The highest BCUT2D eigenvalue weighted by Crippen LogP contribution is 2.40. The Hall–Kier alpha value is -4.87. The largest absolute Gasteiger partial charge is 0.389 e. The fourth-order valence-corrected chi connectivity index (χ4v) is 5.22. The summed E-state index contributed by atoms with van der Waals surface area (Å²) in [7, 11) is 0. The average Bonchev–Trinajstić information content (AvgIpc) is 3.50. The Morgan fingerprint density at radius 1 is 0.590 bits per heavy atom. The van der Waals surface area contributed by atoms with Gasteiger partial charge in [-0.3, -0.25) is 0 Å². The lowest BCUT2D eigenvalue weighted by Crippen LogP contribution is -2.39. The molecule has 1 aromatic heterocycles. The van der Waals surface area contributed by atoms with Crippen LogP contribution in [0.3, 0.4) is 0 Å². The molecule has 6 rings (SSSR count). The SMILES string of the molecule is CC(O)c1ccc(-c2ccccc2-c2nnn(C(c3ccccc3)(c3ccccc3)c3ccccc3)n2)cc1. The third-order valence-electron chi connectivity index (χ3n) is 7.16. The van der Waals surface area contributed by atoms with Crippen molar-refractivity contribution in [1.82, 2.24) is 20.2 Å². The van der Waals surface area contributed by atoms with Gasteiger partial charge < -0.3 is 5.11 Å². The smallest absolute Gasteiger partial charge is 0.205 e. The number of aliphatic hydroxyl groups is 1. The van der Waals surface area contributed by atoms with Gasteiger partial charge in [-0.15, -0.1) is 15.0 Å². The van der Waals surface area contributed by atoms with Gasteiger partial charge in [0.25, 0.3) is 0 Å². The van der Waals surface area contributed by atoms with E-state index in [0.29, 0.717) is 5.82 Å². The number of hydrogen-bond donors (Lipinski definition) is 1. The van der Waals surface area contributed by atoms with Crippen LogP contribution in [0.4, 0.5) is 0 Å². The second kappa shape index (κ2) is 10.5. The van der Waals surface area contributed by atoms with E-state index in [1.807, 2.05) is 97.1 Å². The third kappa shape index (κ3) is 4.43. The van der Waals surface area contributed by atoms with E-state index in [-0.39, 0.29) is 0 Å². The van der Waals surface area contributed by atoms with Crippen LogP contribution in [0.5, 0.6) is 0 Å². The van der Waals surface area contributed by atoms with Crippen LogP contribution in [0.2, 0.25) is 0 Å². The highest BCUT2D eigenvalue weighted by molar-refractivity contribution is 5.80. The van der Waals surface area contributed by atoms with Crippen molar-refractivity contribution in [1.29, 1.82) is 0 Å². The summed E-state index contributed by atoms with van der Waals surface area (Å²) >= 11 is 0. The van der Waals surface area contributed by atoms with Crippen LogP contribution in [0.25, 0.3) is 22.5 Å². The molecule has 39 heavy (non-hydrogen) atoms. The van der Waals surface area contributed by atoms with Crippen LogP contribution >= 0.6 is 0 Å². The van der Waals surface area contributed by atoms with Crippen LogP contribution in [0.1, 0.15) is 35.3 Å². The molecule has 0 bridgehead atoms. The molecule has 190 valence electrons. The Morgan fingerprint density at radius 2 is 1.05 bits per heavy atom. The van der Waals surface area contributed by atoms with Crippen LogP contribution < -0.4 is 0 Å². The molecule has 0 fully saturated rings. The van der Waals surface area contributed by atoms with E-state index in [4.69, 9.17) is 5.10 Å². The molecule has 5 heteroatoms.